The average molecular weight is 276 g/mol. The van der Waals surface area contributed by atoms with Crippen molar-refractivity contribution in [3.63, 3.8) is 0 Å². The van der Waals surface area contributed by atoms with Crippen molar-refractivity contribution >= 4 is 33.3 Å². The Kier molecular flexibility index (Phi) is 4.98. The lowest BCUT2D eigenvalue weighted by Crippen LogP contribution is -2.02. The highest BCUT2D eigenvalue weighted by Gasteiger charge is 2.00. The zero-order chi connectivity index (χ0) is 10.4. The molecule has 0 unspecified atom stereocenters. The van der Waals surface area contributed by atoms with E-state index in [1.54, 1.807) is 6.20 Å². The van der Waals surface area contributed by atoms with Gasteiger partial charge < -0.3 is 5.32 Å². The van der Waals surface area contributed by atoms with E-state index >= 15 is 0 Å². The first-order chi connectivity index (χ1) is 6.74. The average Bonchev–Trinajstić information content (AvgIpc) is 2.15. The summed E-state index contributed by atoms with van der Waals surface area (Å²) in [4.78, 5) is 4.16. The van der Waals surface area contributed by atoms with E-state index in [0.717, 1.165) is 23.3 Å². The summed E-state index contributed by atoms with van der Waals surface area (Å²) in [5.41, 5.74) is 0. The van der Waals surface area contributed by atoms with Crippen LogP contribution in [-0.2, 0) is 0 Å². The fourth-order valence-corrected chi connectivity index (χ4v) is 1.68. The summed E-state index contributed by atoms with van der Waals surface area (Å²) >= 11 is 9.27. The first-order valence-corrected chi connectivity index (χ1v) is 5.57. The molecule has 0 fully saturated rings. The van der Waals surface area contributed by atoms with Crippen LogP contribution >= 0.6 is 27.5 Å². The summed E-state index contributed by atoms with van der Waals surface area (Å²) < 4.78 is 0.890. The van der Waals surface area contributed by atoms with Gasteiger partial charge >= 0.3 is 0 Å². The maximum Gasteiger partial charge on any atom is 0.144 e. The van der Waals surface area contributed by atoms with Gasteiger partial charge in [0.05, 0.1) is 5.02 Å². The van der Waals surface area contributed by atoms with Crippen molar-refractivity contribution in [3.05, 3.63) is 33.9 Å². The van der Waals surface area contributed by atoms with Crippen LogP contribution in [0.1, 0.15) is 13.3 Å². The minimum absolute atomic E-state index is 0.639. The van der Waals surface area contributed by atoms with Crippen LogP contribution in [0.5, 0.6) is 0 Å². The minimum Gasteiger partial charge on any atom is -0.369 e. The van der Waals surface area contributed by atoms with E-state index in [2.05, 4.69) is 32.3 Å². The van der Waals surface area contributed by atoms with Gasteiger partial charge in [-0.1, -0.05) is 23.8 Å². The first kappa shape index (κ1) is 11.5. The van der Waals surface area contributed by atoms with Crippen molar-refractivity contribution in [1.82, 2.24) is 4.98 Å². The van der Waals surface area contributed by atoms with Crippen molar-refractivity contribution < 1.29 is 0 Å². The Morgan fingerprint density at radius 3 is 3.07 bits per heavy atom. The molecule has 0 atom stereocenters. The number of nitrogens with one attached hydrogen (secondary N) is 1. The van der Waals surface area contributed by atoms with Gasteiger partial charge in [-0.25, -0.2) is 4.98 Å². The molecule has 0 saturated heterocycles. The fourth-order valence-electron chi connectivity index (χ4n) is 0.985. The number of hydrogen-bond acceptors (Lipinski definition) is 2. The number of anilines is 1. The summed E-state index contributed by atoms with van der Waals surface area (Å²) in [6.45, 7) is 2.85. The number of nitrogens with zero attached hydrogens (tertiary/aromatic N) is 1. The van der Waals surface area contributed by atoms with E-state index in [1.807, 2.05) is 19.1 Å². The van der Waals surface area contributed by atoms with Gasteiger partial charge in [-0.2, -0.15) is 0 Å². The molecule has 76 valence electrons. The maximum absolute atomic E-state index is 5.97. The van der Waals surface area contributed by atoms with Crippen LogP contribution in [0.3, 0.4) is 0 Å². The molecular formula is C10H12BrClN2. The quantitative estimate of drug-likeness (QED) is 0.666. The highest BCUT2D eigenvalue weighted by Crippen LogP contribution is 2.22. The predicted molar refractivity (Wildman–Crippen MR) is 64.9 cm³/mol. The molecule has 1 rings (SSSR count). The van der Waals surface area contributed by atoms with Gasteiger partial charge in [-0.3, -0.25) is 0 Å². The van der Waals surface area contributed by atoms with Gasteiger partial charge in [0.15, 0.2) is 0 Å². The molecule has 0 aromatic carbocycles. The van der Waals surface area contributed by atoms with Crippen LogP contribution in [0, 0.1) is 0 Å². The highest BCUT2D eigenvalue weighted by molar-refractivity contribution is 9.10. The van der Waals surface area contributed by atoms with Crippen LogP contribution in [0.25, 0.3) is 0 Å². The van der Waals surface area contributed by atoms with Gasteiger partial charge in [0.1, 0.15) is 5.82 Å². The Hall–Kier alpha value is -0.540. The second-order valence-corrected chi connectivity index (χ2v) is 4.09. The first-order valence-electron chi connectivity index (χ1n) is 4.40. The molecule has 1 aromatic rings. The smallest absolute Gasteiger partial charge is 0.144 e. The normalized spacial score (nSPS) is 10.8. The lowest BCUT2D eigenvalue weighted by Gasteiger charge is -2.05. The van der Waals surface area contributed by atoms with Crippen molar-refractivity contribution in [1.29, 1.82) is 0 Å². The number of halogens is 2. The van der Waals surface area contributed by atoms with Crippen molar-refractivity contribution in [2.24, 2.45) is 0 Å². The Bertz CT molecular complexity index is 326. The predicted octanol–water partition coefficient (Wildman–Crippen LogP) is 3.88. The standard InChI is InChI=1S/C10H12BrClN2/c1-2-3-4-5-13-10-9(12)6-8(11)7-14-10/h2-3,6-7H,4-5H2,1H3,(H,13,14)/b3-2+. The Morgan fingerprint density at radius 1 is 1.64 bits per heavy atom. The summed E-state index contributed by atoms with van der Waals surface area (Å²) in [5, 5.41) is 3.80. The molecule has 1 aromatic heterocycles. The highest BCUT2D eigenvalue weighted by atomic mass is 79.9. The summed E-state index contributed by atoms with van der Waals surface area (Å²) in [7, 11) is 0. The number of hydrogen-bond donors (Lipinski definition) is 1. The largest absolute Gasteiger partial charge is 0.369 e. The molecule has 0 saturated carbocycles. The molecule has 4 heteroatoms. The molecule has 2 nitrogen and oxygen atoms in total. The zero-order valence-corrected chi connectivity index (χ0v) is 10.3. The van der Waals surface area contributed by atoms with E-state index in [0.29, 0.717) is 5.02 Å². The summed E-state index contributed by atoms with van der Waals surface area (Å²) in [5.74, 6) is 0.736. The van der Waals surface area contributed by atoms with Gasteiger partial charge in [0, 0.05) is 17.2 Å². The molecule has 0 aliphatic rings. The molecular weight excluding hydrogens is 263 g/mol. The Morgan fingerprint density at radius 2 is 2.43 bits per heavy atom. The maximum atomic E-state index is 5.97. The second kappa shape index (κ2) is 6.04. The molecule has 1 N–H and O–H groups in total. The SMILES string of the molecule is C/C=C/CCNc1ncc(Br)cc1Cl. The molecule has 14 heavy (non-hydrogen) atoms. The number of allylic oxidation sites excluding steroid dienone is 1. The molecule has 0 aliphatic carbocycles. The second-order valence-electron chi connectivity index (χ2n) is 2.77. The third-order valence-corrected chi connectivity index (χ3v) is 2.37. The minimum atomic E-state index is 0.639. The van der Waals surface area contributed by atoms with Gasteiger partial charge in [0.25, 0.3) is 0 Å². The number of rotatable bonds is 4. The van der Waals surface area contributed by atoms with Crippen molar-refractivity contribution in [3.8, 4) is 0 Å². The van der Waals surface area contributed by atoms with Crippen LogP contribution < -0.4 is 5.32 Å². The lowest BCUT2D eigenvalue weighted by atomic mass is 10.3. The third-order valence-electron chi connectivity index (χ3n) is 1.65. The van der Waals surface area contributed by atoms with Crippen molar-refractivity contribution in [2.45, 2.75) is 13.3 Å². The van der Waals surface area contributed by atoms with E-state index in [-0.39, 0.29) is 0 Å². The van der Waals surface area contributed by atoms with Crippen molar-refractivity contribution in [2.75, 3.05) is 11.9 Å². The van der Waals surface area contributed by atoms with E-state index in [9.17, 15) is 0 Å². The van der Waals surface area contributed by atoms with E-state index in [1.165, 1.54) is 0 Å². The van der Waals surface area contributed by atoms with Gasteiger partial charge in [-0.15, -0.1) is 0 Å². The molecule has 0 bridgehead atoms. The molecule has 1 heterocycles. The Labute approximate surface area is 97.5 Å². The molecule has 0 spiro atoms. The molecule has 0 amide bonds. The topological polar surface area (TPSA) is 24.9 Å². The molecule has 0 radical (unpaired) electrons. The van der Waals surface area contributed by atoms with Crippen LogP contribution in [0.15, 0.2) is 28.9 Å². The lowest BCUT2D eigenvalue weighted by molar-refractivity contribution is 1.04. The van der Waals surface area contributed by atoms with Crippen LogP contribution in [0.4, 0.5) is 5.82 Å². The van der Waals surface area contributed by atoms with E-state index < -0.39 is 0 Å². The summed E-state index contributed by atoms with van der Waals surface area (Å²) in [6, 6.07) is 1.83. The zero-order valence-electron chi connectivity index (χ0n) is 7.93. The van der Waals surface area contributed by atoms with Crippen LogP contribution in [-0.4, -0.2) is 11.5 Å². The fraction of sp³-hybridized carbons (Fsp3) is 0.300. The summed E-state index contributed by atoms with van der Waals surface area (Å²) in [6.07, 6.45) is 6.83. The van der Waals surface area contributed by atoms with E-state index in [4.69, 9.17) is 11.6 Å². The monoisotopic (exact) mass is 274 g/mol. The number of pyridine rings is 1. The number of aromatic nitrogens is 1. The van der Waals surface area contributed by atoms with Gasteiger partial charge in [-0.05, 0) is 35.3 Å². The third kappa shape index (κ3) is 3.68. The molecule has 0 aliphatic heterocycles. The van der Waals surface area contributed by atoms with Crippen LogP contribution in [0.2, 0.25) is 5.02 Å². The van der Waals surface area contributed by atoms with Gasteiger partial charge in [0.2, 0.25) is 0 Å². The Balaban J connectivity index is 2.50.